The Labute approximate surface area is 203 Å². The molecular weight excluding hydrogens is 496 g/mol. The predicted octanol–water partition coefficient (Wildman–Crippen LogP) is 2.19. The highest BCUT2D eigenvalue weighted by Crippen LogP contribution is 2.30. The summed E-state index contributed by atoms with van der Waals surface area (Å²) in [4.78, 5) is 12.6. The number of sulfone groups is 1. The van der Waals surface area contributed by atoms with Crippen LogP contribution in [0.3, 0.4) is 0 Å². The van der Waals surface area contributed by atoms with Gasteiger partial charge in [-0.05, 0) is 43.2 Å². The largest absolute Gasteiger partial charge is 0.496 e. The number of aromatic nitrogens is 2. The molecule has 1 fully saturated rings. The van der Waals surface area contributed by atoms with E-state index in [1.165, 1.54) is 29.6 Å². The first-order valence-corrected chi connectivity index (χ1v) is 14.0. The smallest absolute Gasteiger partial charge is 0.322 e. The van der Waals surface area contributed by atoms with Crippen LogP contribution in [-0.4, -0.2) is 63.7 Å². The zero-order valence-electron chi connectivity index (χ0n) is 19.0. The summed E-state index contributed by atoms with van der Waals surface area (Å²) in [6, 6.07) is 12.3. The normalized spacial score (nSPS) is 15.6. The molecule has 0 aliphatic carbocycles. The fourth-order valence-electron chi connectivity index (χ4n) is 3.78. The first-order valence-electron chi connectivity index (χ1n) is 10.7. The van der Waals surface area contributed by atoms with Crippen LogP contribution >= 0.6 is 0 Å². The van der Waals surface area contributed by atoms with Crippen molar-refractivity contribution < 1.29 is 30.8 Å². The number of para-hydroxylation sites is 1. The van der Waals surface area contributed by atoms with Gasteiger partial charge in [-0.2, -0.15) is 4.31 Å². The summed E-state index contributed by atoms with van der Waals surface area (Å²) in [6.07, 6.45) is 1.58. The Bertz CT molecular complexity index is 1440. The van der Waals surface area contributed by atoms with Gasteiger partial charge in [0.1, 0.15) is 5.75 Å². The van der Waals surface area contributed by atoms with Gasteiger partial charge >= 0.3 is 6.01 Å². The van der Waals surface area contributed by atoms with E-state index < -0.39 is 25.8 Å². The van der Waals surface area contributed by atoms with Crippen LogP contribution in [0.4, 0.5) is 6.01 Å². The highest BCUT2D eigenvalue weighted by atomic mass is 32.2. The van der Waals surface area contributed by atoms with Crippen LogP contribution in [0.1, 0.15) is 12.8 Å². The maximum absolute atomic E-state index is 13.0. The highest BCUT2D eigenvalue weighted by Gasteiger charge is 2.33. The summed E-state index contributed by atoms with van der Waals surface area (Å²) < 4.78 is 61.7. The zero-order valence-corrected chi connectivity index (χ0v) is 20.7. The van der Waals surface area contributed by atoms with Gasteiger partial charge in [-0.3, -0.25) is 10.1 Å². The van der Waals surface area contributed by atoms with Crippen molar-refractivity contribution >= 4 is 31.8 Å². The monoisotopic (exact) mass is 520 g/mol. The molecule has 0 radical (unpaired) electrons. The van der Waals surface area contributed by atoms with Crippen LogP contribution in [0.25, 0.3) is 11.5 Å². The number of carbonyl (C=O) groups is 1. The molecule has 11 nitrogen and oxygen atoms in total. The summed E-state index contributed by atoms with van der Waals surface area (Å²) in [6.45, 7) is 0.222. The first kappa shape index (κ1) is 24.8. The van der Waals surface area contributed by atoms with Gasteiger partial charge in [0.15, 0.2) is 9.84 Å². The minimum atomic E-state index is -3.90. The van der Waals surface area contributed by atoms with E-state index in [1.54, 1.807) is 24.3 Å². The summed E-state index contributed by atoms with van der Waals surface area (Å²) >= 11 is 0. The summed E-state index contributed by atoms with van der Waals surface area (Å²) in [5.41, 5.74) is 0.585. The molecule has 1 saturated heterocycles. The van der Waals surface area contributed by atoms with Crippen LogP contribution in [0, 0.1) is 5.92 Å². The Morgan fingerprint density at radius 3 is 2.40 bits per heavy atom. The molecule has 1 aliphatic heterocycles. The Morgan fingerprint density at radius 2 is 1.71 bits per heavy atom. The molecule has 13 heteroatoms. The lowest BCUT2D eigenvalue weighted by atomic mass is 9.97. The van der Waals surface area contributed by atoms with Gasteiger partial charge in [0.05, 0.1) is 22.5 Å². The van der Waals surface area contributed by atoms with Crippen molar-refractivity contribution in [2.45, 2.75) is 22.6 Å². The minimum Gasteiger partial charge on any atom is -0.496 e. The molecule has 186 valence electrons. The van der Waals surface area contributed by atoms with Crippen molar-refractivity contribution in [1.29, 1.82) is 0 Å². The minimum absolute atomic E-state index is 0.0662. The van der Waals surface area contributed by atoms with Gasteiger partial charge < -0.3 is 9.15 Å². The van der Waals surface area contributed by atoms with Crippen molar-refractivity contribution in [2.75, 3.05) is 31.8 Å². The molecule has 2 heterocycles. The van der Waals surface area contributed by atoms with E-state index in [2.05, 4.69) is 15.5 Å². The number of anilines is 1. The zero-order chi connectivity index (χ0) is 25.2. The van der Waals surface area contributed by atoms with Crippen molar-refractivity contribution in [3.8, 4) is 17.2 Å². The lowest BCUT2D eigenvalue weighted by Gasteiger charge is -2.30. The van der Waals surface area contributed by atoms with Gasteiger partial charge in [-0.25, -0.2) is 16.8 Å². The summed E-state index contributed by atoms with van der Waals surface area (Å²) in [5, 5.41) is 10.4. The van der Waals surface area contributed by atoms with Gasteiger partial charge in [0.2, 0.25) is 15.9 Å². The van der Waals surface area contributed by atoms with E-state index in [0.717, 1.165) is 12.3 Å². The number of benzene rings is 2. The lowest BCUT2D eigenvalue weighted by molar-refractivity contribution is -0.121. The average molecular weight is 521 g/mol. The van der Waals surface area contributed by atoms with Crippen molar-refractivity contribution in [2.24, 2.45) is 5.92 Å². The van der Waals surface area contributed by atoms with Crippen LogP contribution in [0.5, 0.6) is 5.75 Å². The van der Waals surface area contributed by atoms with Crippen molar-refractivity contribution in [1.82, 2.24) is 14.5 Å². The van der Waals surface area contributed by atoms with E-state index in [4.69, 9.17) is 9.15 Å². The standard InChI is InChI=1S/C22H24N4O7S2/c1-32-19-9-4-3-8-18(19)21-24-25-22(33-21)23-20(27)15-10-12-26(13-11-15)35(30,31)17-7-5-6-16(14-17)34(2,28)29/h3-9,14-15H,10-13H2,1-2H3,(H,23,25,27). The molecule has 4 rings (SSSR count). The summed E-state index contributed by atoms with van der Waals surface area (Å²) in [7, 11) is -5.93. The number of sulfonamides is 1. The number of nitrogens with zero attached hydrogens (tertiary/aromatic N) is 3. The molecule has 0 spiro atoms. The van der Waals surface area contributed by atoms with Gasteiger partial charge in [-0.1, -0.05) is 23.3 Å². The second-order valence-electron chi connectivity index (χ2n) is 8.03. The average Bonchev–Trinajstić information content (AvgIpc) is 3.32. The molecular formula is C22H24N4O7S2. The number of amides is 1. The number of methoxy groups -OCH3 is 1. The second-order valence-corrected chi connectivity index (χ2v) is 12.0. The maximum Gasteiger partial charge on any atom is 0.322 e. The molecule has 35 heavy (non-hydrogen) atoms. The van der Waals surface area contributed by atoms with Gasteiger partial charge in [0, 0.05) is 25.3 Å². The van der Waals surface area contributed by atoms with Crippen LogP contribution in [-0.2, 0) is 24.7 Å². The number of hydrogen-bond acceptors (Lipinski definition) is 9. The molecule has 1 aliphatic rings. The fraction of sp³-hybridized carbons (Fsp3) is 0.318. The highest BCUT2D eigenvalue weighted by molar-refractivity contribution is 7.91. The van der Waals surface area contributed by atoms with E-state index >= 15 is 0 Å². The number of piperidine rings is 1. The molecule has 1 amide bonds. The topological polar surface area (TPSA) is 149 Å². The number of carbonyl (C=O) groups excluding carboxylic acids is 1. The summed E-state index contributed by atoms with van der Waals surface area (Å²) in [5.74, 6) is -0.0681. The lowest BCUT2D eigenvalue weighted by Crippen LogP contribution is -2.41. The third-order valence-electron chi connectivity index (χ3n) is 5.69. The second kappa shape index (κ2) is 9.76. The SMILES string of the molecule is COc1ccccc1-c1nnc(NC(=O)C2CCN(S(=O)(=O)c3cccc(S(C)(=O)=O)c3)CC2)o1. The first-order chi connectivity index (χ1) is 16.6. The Hall–Kier alpha value is -3.29. The molecule has 3 aromatic rings. The maximum atomic E-state index is 13.0. The third kappa shape index (κ3) is 5.36. The quantitative estimate of drug-likeness (QED) is 0.495. The number of nitrogens with one attached hydrogen (secondary N) is 1. The van der Waals surface area contributed by atoms with Crippen LogP contribution in [0.2, 0.25) is 0 Å². The van der Waals surface area contributed by atoms with Crippen LogP contribution in [0.15, 0.2) is 62.7 Å². The number of ether oxygens (including phenoxy) is 1. The molecule has 0 atom stereocenters. The number of hydrogen-bond donors (Lipinski definition) is 1. The molecule has 1 N–H and O–H groups in total. The Morgan fingerprint density at radius 1 is 1.03 bits per heavy atom. The van der Waals surface area contributed by atoms with E-state index in [9.17, 15) is 21.6 Å². The van der Waals surface area contributed by atoms with E-state index in [-0.39, 0.29) is 53.5 Å². The Kier molecular flexibility index (Phi) is 6.92. The third-order valence-corrected chi connectivity index (χ3v) is 8.69. The molecule has 2 aromatic carbocycles. The van der Waals surface area contributed by atoms with Crippen LogP contribution < -0.4 is 10.1 Å². The molecule has 1 aromatic heterocycles. The van der Waals surface area contributed by atoms with Gasteiger partial charge in [-0.15, -0.1) is 5.10 Å². The molecule has 0 bridgehead atoms. The molecule has 0 saturated carbocycles. The van der Waals surface area contributed by atoms with E-state index in [1.807, 2.05) is 0 Å². The number of rotatable bonds is 7. The Balaban J connectivity index is 1.39. The fourth-order valence-corrected chi connectivity index (χ4v) is 6.04. The van der Waals surface area contributed by atoms with Crippen molar-refractivity contribution in [3.63, 3.8) is 0 Å². The predicted molar refractivity (Wildman–Crippen MR) is 126 cm³/mol. The molecule has 0 unspecified atom stereocenters. The van der Waals surface area contributed by atoms with Gasteiger partial charge in [0.25, 0.3) is 5.89 Å². The van der Waals surface area contributed by atoms with E-state index in [0.29, 0.717) is 11.3 Å². The van der Waals surface area contributed by atoms with Crippen molar-refractivity contribution in [3.05, 3.63) is 48.5 Å².